The smallest absolute Gasteiger partial charge is 0.0618 e. The van der Waals surface area contributed by atoms with Crippen molar-refractivity contribution in [1.82, 2.24) is 5.32 Å². The van der Waals surface area contributed by atoms with Gasteiger partial charge in [-0.25, -0.2) is 0 Å². The van der Waals surface area contributed by atoms with Crippen LogP contribution >= 0.6 is 0 Å². The van der Waals surface area contributed by atoms with Gasteiger partial charge in [-0.3, -0.25) is 0 Å². The number of likely N-dealkylation sites (N-methyl/N-ethyl adjacent to an activating group) is 1. The molecule has 0 bridgehead atoms. The van der Waals surface area contributed by atoms with Crippen molar-refractivity contribution in [3.63, 3.8) is 0 Å². The van der Waals surface area contributed by atoms with E-state index in [2.05, 4.69) is 26.1 Å². The predicted molar refractivity (Wildman–Crippen MR) is 51.1 cm³/mol. The molecule has 12 heavy (non-hydrogen) atoms. The Balaban J connectivity index is 2.76. The molecule has 2 N–H and O–H groups in total. The van der Waals surface area contributed by atoms with Crippen molar-refractivity contribution in [2.24, 2.45) is 5.41 Å². The van der Waals surface area contributed by atoms with E-state index in [-0.39, 0.29) is 17.6 Å². The van der Waals surface area contributed by atoms with Crippen molar-refractivity contribution < 1.29 is 5.11 Å². The maximum Gasteiger partial charge on any atom is 0.0618 e. The fourth-order valence-electron chi connectivity index (χ4n) is 2.42. The minimum Gasteiger partial charge on any atom is -0.394 e. The summed E-state index contributed by atoms with van der Waals surface area (Å²) < 4.78 is 0. The van der Waals surface area contributed by atoms with Crippen molar-refractivity contribution in [2.45, 2.75) is 45.6 Å². The van der Waals surface area contributed by atoms with Crippen molar-refractivity contribution >= 4 is 0 Å². The van der Waals surface area contributed by atoms with Gasteiger partial charge < -0.3 is 10.4 Å². The van der Waals surface area contributed by atoms with Crippen LogP contribution in [-0.4, -0.2) is 23.8 Å². The number of aliphatic hydroxyl groups is 1. The maximum atomic E-state index is 9.42. The first kappa shape index (κ1) is 10.0. The standard InChI is InChI=1S/C10H21NO/c1-4-11-10(8-12)7-5-6-9(10,2)3/h11-12H,4-8H2,1-3H3. The second-order valence-corrected chi connectivity index (χ2v) is 4.51. The molecule has 0 heterocycles. The Labute approximate surface area is 75.4 Å². The van der Waals surface area contributed by atoms with Crippen LogP contribution in [0.2, 0.25) is 0 Å². The van der Waals surface area contributed by atoms with Crippen LogP contribution in [0.5, 0.6) is 0 Å². The average Bonchev–Trinajstić information content (AvgIpc) is 2.29. The van der Waals surface area contributed by atoms with Gasteiger partial charge >= 0.3 is 0 Å². The third-order valence-electron chi connectivity index (χ3n) is 3.49. The highest BCUT2D eigenvalue weighted by Crippen LogP contribution is 2.45. The zero-order chi connectivity index (χ0) is 9.24. The average molecular weight is 171 g/mol. The summed E-state index contributed by atoms with van der Waals surface area (Å²) in [5, 5.41) is 12.9. The summed E-state index contributed by atoms with van der Waals surface area (Å²) in [7, 11) is 0. The first-order chi connectivity index (χ1) is 5.58. The molecule has 0 aromatic heterocycles. The van der Waals surface area contributed by atoms with Crippen molar-refractivity contribution in [1.29, 1.82) is 0 Å². The molecule has 1 fully saturated rings. The van der Waals surface area contributed by atoms with E-state index >= 15 is 0 Å². The molecule has 2 heteroatoms. The molecule has 1 aliphatic carbocycles. The summed E-state index contributed by atoms with van der Waals surface area (Å²) in [6, 6.07) is 0. The maximum absolute atomic E-state index is 9.42. The van der Waals surface area contributed by atoms with Crippen LogP contribution in [0, 0.1) is 5.41 Å². The van der Waals surface area contributed by atoms with Gasteiger partial charge in [-0.15, -0.1) is 0 Å². The lowest BCUT2D eigenvalue weighted by Crippen LogP contribution is -2.55. The molecule has 72 valence electrons. The van der Waals surface area contributed by atoms with Crippen LogP contribution in [0.15, 0.2) is 0 Å². The molecule has 1 unspecified atom stereocenters. The van der Waals surface area contributed by atoms with E-state index in [0.29, 0.717) is 0 Å². The zero-order valence-corrected chi connectivity index (χ0v) is 8.48. The van der Waals surface area contributed by atoms with E-state index in [1.165, 1.54) is 12.8 Å². The highest BCUT2D eigenvalue weighted by Gasteiger charge is 2.47. The third-order valence-corrected chi connectivity index (χ3v) is 3.49. The molecule has 0 radical (unpaired) electrons. The van der Waals surface area contributed by atoms with Gasteiger partial charge in [0.2, 0.25) is 0 Å². The molecule has 0 aromatic carbocycles. The van der Waals surface area contributed by atoms with Crippen LogP contribution in [0.4, 0.5) is 0 Å². The Kier molecular flexibility index (Phi) is 2.79. The largest absolute Gasteiger partial charge is 0.394 e. The Hall–Kier alpha value is -0.0800. The Bertz CT molecular complexity index is 156. The van der Waals surface area contributed by atoms with Crippen LogP contribution < -0.4 is 5.32 Å². The fourth-order valence-corrected chi connectivity index (χ4v) is 2.42. The van der Waals surface area contributed by atoms with E-state index < -0.39 is 0 Å². The van der Waals surface area contributed by atoms with E-state index in [0.717, 1.165) is 13.0 Å². The monoisotopic (exact) mass is 171 g/mol. The van der Waals surface area contributed by atoms with Crippen LogP contribution in [0.1, 0.15) is 40.0 Å². The van der Waals surface area contributed by atoms with Crippen molar-refractivity contribution in [3.05, 3.63) is 0 Å². The molecule has 2 nitrogen and oxygen atoms in total. The van der Waals surface area contributed by atoms with E-state index in [4.69, 9.17) is 0 Å². The molecule has 0 aliphatic heterocycles. The number of rotatable bonds is 3. The summed E-state index contributed by atoms with van der Waals surface area (Å²) in [5.74, 6) is 0. The summed E-state index contributed by atoms with van der Waals surface area (Å²) in [6.07, 6.45) is 3.57. The van der Waals surface area contributed by atoms with Crippen molar-refractivity contribution in [2.75, 3.05) is 13.2 Å². The van der Waals surface area contributed by atoms with Gasteiger partial charge in [-0.2, -0.15) is 0 Å². The summed E-state index contributed by atoms with van der Waals surface area (Å²) in [6.45, 7) is 7.82. The molecule has 0 spiro atoms. The van der Waals surface area contributed by atoms with Gasteiger partial charge in [0.15, 0.2) is 0 Å². The van der Waals surface area contributed by atoms with Gasteiger partial charge in [-0.1, -0.05) is 27.2 Å². The Morgan fingerprint density at radius 3 is 2.33 bits per heavy atom. The molecule has 0 amide bonds. The first-order valence-electron chi connectivity index (χ1n) is 4.94. The van der Waals surface area contributed by atoms with Crippen LogP contribution in [0.3, 0.4) is 0 Å². The van der Waals surface area contributed by atoms with Crippen molar-refractivity contribution in [3.8, 4) is 0 Å². The highest BCUT2D eigenvalue weighted by atomic mass is 16.3. The van der Waals surface area contributed by atoms with Crippen LogP contribution in [0.25, 0.3) is 0 Å². The molecular formula is C10H21NO. The third kappa shape index (κ3) is 1.38. The van der Waals surface area contributed by atoms with E-state index in [1.54, 1.807) is 0 Å². The highest BCUT2D eigenvalue weighted by molar-refractivity contribution is 5.04. The number of nitrogens with one attached hydrogen (secondary N) is 1. The normalized spacial score (nSPS) is 34.0. The number of hydrogen-bond acceptors (Lipinski definition) is 2. The molecule has 1 saturated carbocycles. The van der Waals surface area contributed by atoms with Gasteiger partial charge in [0, 0.05) is 5.54 Å². The number of hydrogen-bond donors (Lipinski definition) is 2. The molecule has 0 saturated heterocycles. The second-order valence-electron chi connectivity index (χ2n) is 4.51. The minimum atomic E-state index is -0.0122. The SMILES string of the molecule is CCNC1(CO)CCCC1(C)C. The predicted octanol–water partition coefficient (Wildman–Crippen LogP) is 1.54. The lowest BCUT2D eigenvalue weighted by molar-refractivity contribution is 0.0769. The molecule has 1 rings (SSSR count). The second kappa shape index (κ2) is 3.35. The van der Waals surface area contributed by atoms with Gasteiger partial charge in [0.1, 0.15) is 0 Å². The molecule has 1 aliphatic rings. The van der Waals surface area contributed by atoms with Crippen LogP contribution in [-0.2, 0) is 0 Å². The van der Waals surface area contributed by atoms with Gasteiger partial charge in [0.05, 0.1) is 6.61 Å². The quantitative estimate of drug-likeness (QED) is 0.675. The summed E-state index contributed by atoms with van der Waals surface area (Å²) in [4.78, 5) is 0. The Morgan fingerprint density at radius 1 is 1.33 bits per heavy atom. The molecule has 0 aromatic rings. The number of aliphatic hydroxyl groups excluding tert-OH is 1. The lowest BCUT2D eigenvalue weighted by Gasteiger charge is -2.41. The molecule has 1 atom stereocenters. The topological polar surface area (TPSA) is 32.3 Å². The summed E-state index contributed by atoms with van der Waals surface area (Å²) in [5.41, 5.74) is 0.236. The first-order valence-corrected chi connectivity index (χ1v) is 4.94. The van der Waals surface area contributed by atoms with Gasteiger partial charge in [-0.05, 0) is 24.8 Å². The fraction of sp³-hybridized carbons (Fsp3) is 1.00. The minimum absolute atomic E-state index is 0.0122. The van der Waals surface area contributed by atoms with E-state index in [9.17, 15) is 5.11 Å². The Morgan fingerprint density at radius 2 is 2.00 bits per heavy atom. The molecular weight excluding hydrogens is 150 g/mol. The van der Waals surface area contributed by atoms with Gasteiger partial charge in [0.25, 0.3) is 0 Å². The van der Waals surface area contributed by atoms with E-state index in [1.807, 2.05) is 0 Å². The lowest BCUT2D eigenvalue weighted by atomic mass is 9.75. The summed E-state index contributed by atoms with van der Waals surface area (Å²) >= 11 is 0. The zero-order valence-electron chi connectivity index (χ0n) is 8.48.